The Labute approximate surface area is 137 Å². The Bertz CT molecular complexity index is 503. The Morgan fingerprint density at radius 3 is 2.70 bits per heavy atom. The molecule has 0 aliphatic carbocycles. The molecule has 0 bridgehead atoms. The van der Waals surface area contributed by atoms with Gasteiger partial charge in [0.2, 0.25) is 0 Å². The van der Waals surface area contributed by atoms with E-state index in [1.54, 1.807) is 24.5 Å². The summed E-state index contributed by atoms with van der Waals surface area (Å²) in [6.07, 6.45) is 5.28. The van der Waals surface area contributed by atoms with Gasteiger partial charge in [0.05, 0.1) is 13.2 Å². The molecule has 3 heterocycles. The smallest absolute Gasteiger partial charge is 0.253 e. The van der Waals surface area contributed by atoms with Gasteiger partial charge in [-0.25, -0.2) is 0 Å². The van der Waals surface area contributed by atoms with Crippen LogP contribution in [0.1, 0.15) is 23.2 Å². The van der Waals surface area contributed by atoms with Gasteiger partial charge in [0.25, 0.3) is 5.91 Å². The molecule has 0 spiro atoms. The molecule has 1 atom stereocenters. The summed E-state index contributed by atoms with van der Waals surface area (Å²) in [5.74, 6) is 0.298. The Hall–Kier alpha value is -1.50. The summed E-state index contributed by atoms with van der Waals surface area (Å²) < 4.78 is 5.56. The first kappa shape index (κ1) is 16.4. The number of ether oxygens (including phenoxy) is 1. The third-order valence-corrected chi connectivity index (χ3v) is 4.82. The second-order valence-corrected chi connectivity index (χ2v) is 6.38. The van der Waals surface area contributed by atoms with Crippen LogP contribution in [-0.2, 0) is 4.74 Å². The van der Waals surface area contributed by atoms with Crippen molar-refractivity contribution in [3.8, 4) is 0 Å². The molecule has 1 aromatic rings. The van der Waals surface area contributed by atoms with Crippen LogP contribution in [0.15, 0.2) is 24.5 Å². The van der Waals surface area contributed by atoms with Crippen molar-refractivity contribution >= 4 is 5.91 Å². The first-order valence-corrected chi connectivity index (χ1v) is 8.40. The number of carbonyl (C=O) groups excluding carboxylic acids is 1. The number of likely N-dealkylation sites (tertiary alicyclic amines) is 1. The number of hydrogen-bond acceptors (Lipinski definition) is 5. The molecule has 6 nitrogen and oxygen atoms in total. The highest BCUT2D eigenvalue weighted by molar-refractivity contribution is 5.94. The fourth-order valence-electron chi connectivity index (χ4n) is 3.46. The molecule has 2 aliphatic rings. The number of aliphatic hydroxyl groups is 1. The van der Waals surface area contributed by atoms with E-state index in [1.165, 1.54) is 0 Å². The normalized spacial score (nSPS) is 24.4. The summed E-state index contributed by atoms with van der Waals surface area (Å²) in [6, 6.07) is 4.02. The molecule has 2 saturated heterocycles. The molecule has 0 aromatic carbocycles. The van der Waals surface area contributed by atoms with Crippen LogP contribution in [0, 0.1) is 5.92 Å². The first-order chi connectivity index (χ1) is 11.3. The number of aliphatic hydroxyl groups excluding tert-OH is 1. The van der Waals surface area contributed by atoms with Crippen molar-refractivity contribution in [3.63, 3.8) is 0 Å². The Balaban J connectivity index is 1.54. The van der Waals surface area contributed by atoms with E-state index in [4.69, 9.17) is 4.74 Å². The summed E-state index contributed by atoms with van der Waals surface area (Å²) >= 11 is 0. The predicted octanol–water partition coefficient (Wildman–Crippen LogP) is 0.627. The van der Waals surface area contributed by atoms with Gasteiger partial charge in [-0.15, -0.1) is 0 Å². The van der Waals surface area contributed by atoms with Crippen molar-refractivity contribution in [2.24, 2.45) is 5.92 Å². The zero-order chi connectivity index (χ0) is 16.1. The van der Waals surface area contributed by atoms with Crippen LogP contribution in [-0.4, -0.2) is 77.8 Å². The van der Waals surface area contributed by atoms with Crippen LogP contribution in [0.5, 0.6) is 0 Å². The second-order valence-electron chi connectivity index (χ2n) is 6.38. The van der Waals surface area contributed by atoms with Gasteiger partial charge >= 0.3 is 0 Å². The van der Waals surface area contributed by atoms with Crippen molar-refractivity contribution in [1.29, 1.82) is 0 Å². The van der Waals surface area contributed by atoms with Crippen LogP contribution in [0.2, 0.25) is 0 Å². The Morgan fingerprint density at radius 2 is 2.00 bits per heavy atom. The lowest BCUT2D eigenvalue weighted by atomic mass is 10.0. The molecular formula is C17H25N3O3. The lowest BCUT2D eigenvalue weighted by Gasteiger charge is -2.38. The fraction of sp³-hybridized carbons (Fsp3) is 0.647. The summed E-state index contributed by atoms with van der Waals surface area (Å²) in [4.78, 5) is 20.8. The molecule has 3 rings (SSSR count). The number of rotatable bonds is 3. The average molecular weight is 319 g/mol. The topological polar surface area (TPSA) is 65.9 Å². The Kier molecular flexibility index (Phi) is 5.59. The number of carbonyl (C=O) groups is 1. The van der Waals surface area contributed by atoms with Crippen LogP contribution >= 0.6 is 0 Å². The van der Waals surface area contributed by atoms with Gasteiger partial charge in [0, 0.05) is 62.7 Å². The SMILES string of the molecule is O=C(c1ccncc1)N1CCC(N2CCOCC(CO)C2)CC1. The van der Waals surface area contributed by atoms with E-state index in [9.17, 15) is 9.90 Å². The summed E-state index contributed by atoms with van der Waals surface area (Å²) in [5.41, 5.74) is 0.710. The molecule has 23 heavy (non-hydrogen) atoms. The molecule has 1 unspecified atom stereocenters. The zero-order valence-corrected chi connectivity index (χ0v) is 13.4. The highest BCUT2D eigenvalue weighted by atomic mass is 16.5. The van der Waals surface area contributed by atoms with Crippen LogP contribution in [0.25, 0.3) is 0 Å². The monoisotopic (exact) mass is 319 g/mol. The van der Waals surface area contributed by atoms with Crippen LogP contribution < -0.4 is 0 Å². The summed E-state index contributed by atoms with van der Waals surface area (Å²) in [6.45, 7) is 4.92. The standard InChI is InChI=1S/C17H25N3O3/c21-12-14-11-20(9-10-23-13-14)16-3-7-19(8-4-16)17(22)15-1-5-18-6-2-15/h1-2,5-6,14,16,21H,3-4,7-13H2. The molecule has 0 radical (unpaired) electrons. The summed E-state index contributed by atoms with van der Waals surface area (Å²) in [7, 11) is 0. The molecule has 2 aliphatic heterocycles. The highest BCUT2D eigenvalue weighted by Crippen LogP contribution is 2.20. The van der Waals surface area contributed by atoms with Gasteiger partial charge < -0.3 is 14.7 Å². The van der Waals surface area contributed by atoms with E-state index in [0.717, 1.165) is 45.6 Å². The van der Waals surface area contributed by atoms with Gasteiger partial charge in [0.1, 0.15) is 0 Å². The number of amides is 1. The van der Waals surface area contributed by atoms with Crippen LogP contribution in [0.3, 0.4) is 0 Å². The molecular weight excluding hydrogens is 294 g/mol. The van der Waals surface area contributed by atoms with E-state index < -0.39 is 0 Å². The summed E-state index contributed by atoms with van der Waals surface area (Å²) in [5, 5.41) is 9.41. The van der Waals surface area contributed by atoms with E-state index >= 15 is 0 Å². The molecule has 2 fully saturated rings. The van der Waals surface area contributed by atoms with Gasteiger partial charge in [-0.3, -0.25) is 14.7 Å². The van der Waals surface area contributed by atoms with E-state index in [0.29, 0.717) is 18.2 Å². The van der Waals surface area contributed by atoms with Crippen LogP contribution in [0.4, 0.5) is 0 Å². The maximum absolute atomic E-state index is 12.5. The van der Waals surface area contributed by atoms with Crippen molar-refractivity contribution < 1.29 is 14.6 Å². The van der Waals surface area contributed by atoms with Crippen molar-refractivity contribution in [3.05, 3.63) is 30.1 Å². The Morgan fingerprint density at radius 1 is 1.26 bits per heavy atom. The number of nitrogens with zero attached hydrogens (tertiary/aromatic N) is 3. The van der Waals surface area contributed by atoms with E-state index in [1.807, 2.05) is 4.90 Å². The predicted molar refractivity (Wildman–Crippen MR) is 86.1 cm³/mol. The number of piperidine rings is 1. The minimum absolute atomic E-state index is 0.0956. The van der Waals surface area contributed by atoms with Gasteiger partial charge in [-0.05, 0) is 25.0 Å². The van der Waals surface area contributed by atoms with Crippen molar-refractivity contribution in [1.82, 2.24) is 14.8 Å². The van der Waals surface area contributed by atoms with Crippen molar-refractivity contribution in [2.45, 2.75) is 18.9 Å². The van der Waals surface area contributed by atoms with Gasteiger partial charge in [0.15, 0.2) is 0 Å². The third kappa shape index (κ3) is 4.07. The zero-order valence-electron chi connectivity index (χ0n) is 13.4. The molecule has 1 N–H and O–H groups in total. The minimum atomic E-state index is 0.0956. The average Bonchev–Trinajstić information content (AvgIpc) is 2.88. The van der Waals surface area contributed by atoms with E-state index in [-0.39, 0.29) is 18.4 Å². The largest absolute Gasteiger partial charge is 0.396 e. The quantitative estimate of drug-likeness (QED) is 0.885. The third-order valence-electron chi connectivity index (χ3n) is 4.82. The number of hydrogen-bond donors (Lipinski definition) is 1. The number of pyridine rings is 1. The highest BCUT2D eigenvalue weighted by Gasteiger charge is 2.29. The maximum atomic E-state index is 12.5. The maximum Gasteiger partial charge on any atom is 0.253 e. The molecule has 1 amide bonds. The lowest BCUT2D eigenvalue weighted by molar-refractivity contribution is 0.0595. The minimum Gasteiger partial charge on any atom is -0.396 e. The molecule has 126 valence electrons. The lowest BCUT2D eigenvalue weighted by Crippen LogP contribution is -2.48. The first-order valence-electron chi connectivity index (χ1n) is 8.40. The molecule has 6 heteroatoms. The fourth-order valence-corrected chi connectivity index (χ4v) is 3.46. The molecule has 1 aromatic heterocycles. The van der Waals surface area contributed by atoms with Gasteiger partial charge in [-0.2, -0.15) is 0 Å². The number of aromatic nitrogens is 1. The second kappa shape index (κ2) is 7.86. The van der Waals surface area contributed by atoms with Gasteiger partial charge in [-0.1, -0.05) is 0 Å². The van der Waals surface area contributed by atoms with Crippen molar-refractivity contribution in [2.75, 3.05) is 46.0 Å². The molecule has 0 saturated carbocycles. The van der Waals surface area contributed by atoms with E-state index in [2.05, 4.69) is 9.88 Å².